The summed E-state index contributed by atoms with van der Waals surface area (Å²) in [5, 5.41) is 3.02. The zero-order valence-electron chi connectivity index (χ0n) is 12.6. The van der Waals surface area contributed by atoms with E-state index in [1.807, 2.05) is 0 Å². The van der Waals surface area contributed by atoms with Gasteiger partial charge in [-0.05, 0) is 29.8 Å². The predicted molar refractivity (Wildman–Crippen MR) is 88.6 cm³/mol. The number of ether oxygens (including phenoxy) is 2. The molecular weight excluding hydrogens is 321 g/mol. The highest BCUT2D eigenvalue weighted by molar-refractivity contribution is 6.32. The highest BCUT2D eigenvalue weighted by atomic mass is 35.5. The number of carbonyl (C=O) groups is 1. The third kappa shape index (κ3) is 4.47. The Bertz CT molecular complexity index is 729. The van der Waals surface area contributed by atoms with E-state index >= 15 is 0 Å². The summed E-state index contributed by atoms with van der Waals surface area (Å²) >= 11 is 6.04. The van der Waals surface area contributed by atoms with Crippen LogP contribution in [0.3, 0.4) is 0 Å². The third-order valence-corrected chi connectivity index (χ3v) is 3.32. The van der Waals surface area contributed by atoms with E-state index in [0.717, 1.165) is 0 Å². The number of amides is 1. The molecule has 2 aromatic rings. The van der Waals surface area contributed by atoms with Gasteiger partial charge in [-0.1, -0.05) is 23.7 Å². The van der Waals surface area contributed by atoms with E-state index in [-0.39, 0.29) is 11.7 Å². The second-order valence-electron chi connectivity index (χ2n) is 4.56. The van der Waals surface area contributed by atoms with Crippen LogP contribution in [0.5, 0.6) is 11.5 Å². The average molecular weight is 336 g/mol. The van der Waals surface area contributed by atoms with E-state index in [9.17, 15) is 9.18 Å². The quantitative estimate of drug-likeness (QED) is 0.835. The van der Waals surface area contributed by atoms with Gasteiger partial charge in [0, 0.05) is 12.1 Å². The Hall–Kier alpha value is -2.53. The van der Waals surface area contributed by atoms with Crippen LogP contribution in [0.1, 0.15) is 5.56 Å². The molecule has 0 bridgehead atoms. The number of carbonyl (C=O) groups excluding carboxylic acids is 1. The van der Waals surface area contributed by atoms with Gasteiger partial charge in [0.2, 0.25) is 5.91 Å². The molecule has 120 valence electrons. The smallest absolute Gasteiger partial charge is 0.248 e. The molecule has 0 unspecified atom stereocenters. The monoisotopic (exact) mass is 335 g/mol. The SMILES string of the molecule is COc1cc(OC)c(NC(=O)/C=C/c2ccc(F)cc2)cc1Cl. The fraction of sp³-hybridized carbons (Fsp3) is 0.118. The highest BCUT2D eigenvalue weighted by Crippen LogP contribution is 2.35. The molecule has 0 aromatic heterocycles. The van der Waals surface area contributed by atoms with E-state index in [0.29, 0.717) is 27.8 Å². The molecule has 1 N–H and O–H groups in total. The fourth-order valence-electron chi connectivity index (χ4n) is 1.88. The van der Waals surface area contributed by atoms with Gasteiger partial charge >= 0.3 is 0 Å². The maximum Gasteiger partial charge on any atom is 0.248 e. The normalized spacial score (nSPS) is 10.6. The lowest BCUT2D eigenvalue weighted by atomic mass is 10.2. The van der Waals surface area contributed by atoms with Gasteiger partial charge in [-0.3, -0.25) is 4.79 Å². The molecule has 0 saturated heterocycles. The van der Waals surface area contributed by atoms with Crippen LogP contribution in [0.2, 0.25) is 5.02 Å². The third-order valence-electron chi connectivity index (χ3n) is 3.03. The van der Waals surface area contributed by atoms with Gasteiger partial charge in [0.05, 0.1) is 24.9 Å². The Morgan fingerprint density at radius 2 is 1.78 bits per heavy atom. The molecule has 1 amide bonds. The molecule has 0 spiro atoms. The summed E-state index contributed by atoms with van der Waals surface area (Å²) < 4.78 is 23.1. The van der Waals surface area contributed by atoms with Crippen molar-refractivity contribution in [3.05, 3.63) is 58.9 Å². The lowest BCUT2D eigenvalue weighted by Crippen LogP contribution is -2.09. The first-order chi connectivity index (χ1) is 11.0. The van der Waals surface area contributed by atoms with E-state index in [2.05, 4.69) is 5.32 Å². The number of rotatable bonds is 5. The standard InChI is InChI=1S/C17H15ClFNO3/c1-22-15-10-16(23-2)14(9-13(15)18)20-17(21)8-5-11-3-6-12(19)7-4-11/h3-10H,1-2H3,(H,20,21)/b8-5+. The number of methoxy groups -OCH3 is 2. The lowest BCUT2D eigenvalue weighted by Gasteiger charge is -2.12. The Morgan fingerprint density at radius 3 is 2.39 bits per heavy atom. The Balaban J connectivity index is 2.13. The first kappa shape index (κ1) is 16.8. The van der Waals surface area contributed by atoms with Gasteiger partial charge in [-0.25, -0.2) is 4.39 Å². The zero-order chi connectivity index (χ0) is 16.8. The van der Waals surface area contributed by atoms with Gasteiger partial charge in [-0.2, -0.15) is 0 Å². The topological polar surface area (TPSA) is 47.6 Å². The van der Waals surface area contributed by atoms with Crippen LogP contribution in [0.15, 0.2) is 42.5 Å². The lowest BCUT2D eigenvalue weighted by molar-refractivity contribution is -0.111. The average Bonchev–Trinajstić information content (AvgIpc) is 2.54. The van der Waals surface area contributed by atoms with Crippen molar-refractivity contribution in [1.82, 2.24) is 0 Å². The van der Waals surface area contributed by atoms with Crippen molar-refractivity contribution in [1.29, 1.82) is 0 Å². The maximum atomic E-state index is 12.8. The summed E-state index contributed by atoms with van der Waals surface area (Å²) in [4.78, 5) is 12.0. The molecule has 2 aromatic carbocycles. The number of hydrogen-bond acceptors (Lipinski definition) is 3. The second kappa shape index (κ2) is 7.65. The molecular formula is C17H15ClFNO3. The largest absolute Gasteiger partial charge is 0.495 e. The summed E-state index contributed by atoms with van der Waals surface area (Å²) in [6.45, 7) is 0. The number of halogens is 2. The maximum absolute atomic E-state index is 12.8. The summed E-state index contributed by atoms with van der Waals surface area (Å²) in [5.74, 6) is 0.177. The van der Waals surface area contributed by atoms with Gasteiger partial charge in [0.25, 0.3) is 0 Å². The van der Waals surface area contributed by atoms with Gasteiger partial charge < -0.3 is 14.8 Å². The summed E-state index contributed by atoms with van der Waals surface area (Å²) in [6.07, 6.45) is 2.91. The molecule has 0 aliphatic heterocycles. The van der Waals surface area contributed by atoms with E-state index in [4.69, 9.17) is 21.1 Å². The van der Waals surface area contributed by atoms with Crippen molar-refractivity contribution in [2.75, 3.05) is 19.5 Å². The number of anilines is 1. The van der Waals surface area contributed by atoms with Gasteiger partial charge in [0.15, 0.2) is 0 Å². The summed E-state index contributed by atoms with van der Waals surface area (Å²) in [6, 6.07) is 8.92. The predicted octanol–water partition coefficient (Wildman–Crippen LogP) is 4.15. The molecule has 0 fully saturated rings. The highest BCUT2D eigenvalue weighted by Gasteiger charge is 2.11. The van der Waals surface area contributed by atoms with Crippen LogP contribution in [0, 0.1) is 5.82 Å². The van der Waals surface area contributed by atoms with Crippen LogP contribution in [0.25, 0.3) is 6.08 Å². The van der Waals surface area contributed by atoms with E-state index < -0.39 is 0 Å². The van der Waals surface area contributed by atoms with Crippen molar-refractivity contribution < 1.29 is 18.7 Å². The van der Waals surface area contributed by atoms with Gasteiger partial charge in [0.1, 0.15) is 17.3 Å². The summed E-state index contributed by atoms with van der Waals surface area (Å²) in [5.41, 5.74) is 1.13. The van der Waals surface area contributed by atoms with Crippen LogP contribution < -0.4 is 14.8 Å². The molecule has 0 atom stereocenters. The molecule has 4 nitrogen and oxygen atoms in total. The minimum absolute atomic E-state index is 0.329. The molecule has 23 heavy (non-hydrogen) atoms. The minimum atomic E-state index is -0.367. The van der Waals surface area contributed by atoms with Crippen molar-refractivity contribution in [3.8, 4) is 11.5 Å². The van der Waals surface area contributed by atoms with Crippen molar-refractivity contribution >= 4 is 29.3 Å². The fourth-order valence-corrected chi connectivity index (χ4v) is 2.12. The molecule has 0 heterocycles. The second-order valence-corrected chi connectivity index (χ2v) is 4.97. The van der Waals surface area contributed by atoms with Crippen LogP contribution >= 0.6 is 11.6 Å². The molecule has 2 rings (SSSR count). The number of hydrogen-bond donors (Lipinski definition) is 1. The molecule has 0 aliphatic rings. The molecule has 0 radical (unpaired) electrons. The number of benzene rings is 2. The molecule has 0 saturated carbocycles. The van der Waals surface area contributed by atoms with E-state index in [1.165, 1.54) is 32.4 Å². The molecule has 6 heteroatoms. The van der Waals surface area contributed by atoms with Gasteiger partial charge in [-0.15, -0.1) is 0 Å². The van der Waals surface area contributed by atoms with Crippen molar-refractivity contribution in [2.24, 2.45) is 0 Å². The van der Waals surface area contributed by atoms with Crippen LogP contribution in [-0.2, 0) is 4.79 Å². The Kier molecular flexibility index (Phi) is 5.60. The minimum Gasteiger partial charge on any atom is -0.495 e. The number of nitrogens with one attached hydrogen (secondary N) is 1. The van der Waals surface area contributed by atoms with Crippen molar-refractivity contribution in [3.63, 3.8) is 0 Å². The Labute approximate surface area is 138 Å². The zero-order valence-corrected chi connectivity index (χ0v) is 13.4. The van der Waals surface area contributed by atoms with Crippen molar-refractivity contribution in [2.45, 2.75) is 0 Å². The first-order valence-electron chi connectivity index (χ1n) is 6.69. The molecule has 0 aliphatic carbocycles. The first-order valence-corrected chi connectivity index (χ1v) is 7.07. The summed E-state index contributed by atoms with van der Waals surface area (Å²) in [7, 11) is 2.97. The Morgan fingerprint density at radius 1 is 1.13 bits per heavy atom. The van der Waals surface area contributed by atoms with Crippen LogP contribution in [-0.4, -0.2) is 20.1 Å². The van der Waals surface area contributed by atoms with E-state index in [1.54, 1.807) is 30.3 Å². The van der Waals surface area contributed by atoms with Crippen LogP contribution in [0.4, 0.5) is 10.1 Å².